The number of phenolic OH excluding ortho intramolecular Hbond substituents is 1. The Morgan fingerprint density at radius 2 is 2.19 bits per heavy atom. The van der Waals surface area contributed by atoms with Crippen molar-refractivity contribution in [2.75, 3.05) is 0 Å². The maximum absolute atomic E-state index is 13.1. The Morgan fingerprint density at radius 1 is 1.32 bits per heavy atom. The molecule has 0 amide bonds. The molecule has 0 spiro atoms. The highest BCUT2D eigenvalue weighted by Crippen LogP contribution is 2.26. The lowest BCUT2D eigenvalue weighted by Crippen LogP contribution is -2.17. The van der Waals surface area contributed by atoms with E-state index in [-0.39, 0.29) is 11.3 Å². The molecule has 3 heterocycles. The van der Waals surface area contributed by atoms with Crippen molar-refractivity contribution in [2.24, 2.45) is 0 Å². The number of phenols is 1. The summed E-state index contributed by atoms with van der Waals surface area (Å²) in [6, 6.07) is 10.5. The molecule has 2 aromatic rings. The van der Waals surface area contributed by atoms with E-state index in [1.807, 2.05) is 37.3 Å². The molecule has 0 atom stereocenters. The molecule has 156 valence electrons. The fourth-order valence-electron chi connectivity index (χ4n) is 3.44. The molecule has 1 aromatic heterocycles. The first-order chi connectivity index (χ1) is 15.1. The quantitative estimate of drug-likeness (QED) is 0.427. The molecule has 0 bridgehead atoms. The first-order valence-electron chi connectivity index (χ1n) is 9.98. The van der Waals surface area contributed by atoms with Gasteiger partial charge in [-0.05, 0) is 36.8 Å². The minimum absolute atomic E-state index is 0.152. The largest absolute Gasteiger partial charge is 0.508 e. The van der Waals surface area contributed by atoms with Gasteiger partial charge in [0.1, 0.15) is 17.2 Å². The van der Waals surface area contributed by atoms with Crippen molar-refractivity contribution < 1.29 is 9.52 Å². The summed E-state index contributed by atoms with van der Waals surface area (Å²) in [6.07, 6.45) is 11.8. The molecule has 2 aliphatic heterocycles. The number of rotatable bonds is 7. The maximum Gasteiger partial charge on any atom is 0.278 e. The minimum atomic E-state index is -0.194. The van der Waals surface area contributed by atoms with E-state index in [0.29, 0.717) is 35.8 Å². The lowest BCUT2D eigenvalue weighted by Gasteiger charge is -2.13. The van der Waals surface area contributed by atoms with Crippen molar-refractivity contribution in [1.82, 2.24) is 14.5 Å². The van der Waals surface area contributed by atoms with Gasteiger partial charge in [-0.2, -0.15) is 0 Å². The third-order valence-corrected chi connectivity index (χ3v) is 4.97. The number of allylic oxidation sites excluding steroid dienone is 5. The fourth-order valence-corrected chi connectivity index (χ4v) is 3.44. The minimum Gasteiger partial charge on any atom is -0.508 e. The number of nitrogens with one attached hydrogen (secondary N) is 1. The molecule has 4 rings (SSSR count). The van der Waals surface area contributed by atoms with Gasteiger partial charge in [-0.1, -0.05) is 43.0 Å². The Balaban J connectivity index is 1.88. The molecule has 6 nitrogen and oxygen atoms in total. The van der Waals surface area contributed by atoms with Crippen molar-refractivity contribution >= 4 is 0 Å². The van der Waals surface area contributed by atoms with Gasteiger partial charge in [0.25, 0.3) is 5.56 Å². The number of imidazole rings is 1. The van der Waals surface area contributed by atoms with Crippen LogP contribution in [0, 0.1) is 0 Å². The fraction of sp³-hybridized carbons (Fsp3) is 0.120. The Labute approximate surface area is 179 Å². The molecule has 0 saturated carbocycles. The van der Waals surface area contributed by atoms with Gasteiger partial charge in [0.2, 0.25) is 0 Å². The van der Waals surface area contributed by atoms with Crippen LogP contribution in [0.1, 0.15) is 24.1 Å². The molecule has 1 aromatic carbocycles. The number of aromatic nitrogens is 3. The normalized spacial score (nSPS) is 12.1. The van der Waals surface area contributed by atoms with Crippen molar-refractivity contribution in [1.29, 1.82) is 0 Å². The van der Waals surface area contributed by atoms with E-state index in [4.69, 9.17) is 4.42 Å². The number of aromatic hydroxyl groups is 1. The molecule has 0 unspecified atom stereocenters. The zero-order valence-electron chi connectivity index (χ0n) is 17.2. The van der Waals surface area contributed by atoms with Crippen LogP contribution in [-0.4, -0.2) is 19.6 Å². The average Bonchev–Trinajstić information content (AvgIpc) is 3.40. The zero-order valence-corrected chi connectivity index (χ0v) is 17.2. The number of H-pyrrole nitrogens is 1. The lowest BCUT2D eigenvalue weighted by atomic mass is 10.1. The van der Waals surface area contributed by atoms with Gasteiger partial charge in [-0.25, -0.2) is 4.98 Å². The number of aromatic amines is 1. The Morgan fingerprint density at radius 3 is 2.90 bits per heavy atom. The Hall–Kier alpha value is -4.06. The van der Waals surface area contributed by atoms with Crippen molar-refractivity contribution in [3.05, 3.63) is 113 Å². The van der Waals surface area contributed by atoms with E-state index in [1.54, 1.807) is 47.4 Å². The molecule has 31 heavy (non-hydrogen) atoms. The van der Waals surface area contributed by atoms with Crippen LogP contribution in [0.3, 0.4) is 0 Å². The molecule has 0 saturated heterocycles. The van der Waals surface area contributed by atoms with E-state index in [9.17, 15) is 9.90 Å². The van der Waals surface area contributed by atoms with E-state index < -0.39 is 0 Å². The SMILES string of the molecule is C=C/C(=C\C=C/C)Cc1[nH]c(-c2cccc(O)c2)cn2c(=O)c(Cc3ccco3)nc1-2. The number of nitrogens with zero attached hydrogens (tertiary/aromatic N) is 2. The first-order valence-corrected chi connectivity index (χ1v) is 9.98. The van der Waals surface area contributed by atoms with E-state index in [0.717, 1.165) is 16.8 Å². The second-order valence-electron chi connectivity index (χ2n) is 7.16. The van der Waals surface area contributed by atoms with E-state index >= 15 is 0 Å². The highest BCUT2D eigenvalue weighted by atomic mass is 16.3. The van der Waals surface area contributed by atoms with E-state index in [1.165, 1.54) is 0 Å². The molecular weight excluding hydrogens is 390 g/mol. The van der Waals surface area contributed by atoms with Gasteiger partial charge in [0.15, 0.2) is 5.82 Å². The zero-order chi connectivity index (χ0) is 21.8. The van der Waals surface area contributed by atoms with Crippen LogP contribution in [0.15, 0.2) is 94.5 Å². The molecule has 2 N–H and O–H groups in total. The number of fused-ring (bicyclic) bond motifs is 1. The van der Waals surface area contributed by atoms with Crippen molar-refractivity contribution in [3.8, 4) is 22.8 Å². The van der Waals surface area contributed by atoms with Crippen LogP contribution < -0.4 is 5.56 Å². The summed E-state index contributed by atoms with van der Waals surface area (Å²) >= 11 is 0. The summed E-state index contributed by atoms with van der Waals surface area (Å²) in [5.74, 6) is 1.39. The Bertz CT molecular complexity index is 1290. The molecule has 0 aliphatic carbocycles. The molecular formula is C25H23N3O3. The monoisotopic (exact) mass is 413 g/mol. The topological polar surface area (TPSA) is 84.0 Å². The van der Waals surface area contributed by atoms with E-state index in [2.05, 4.69) is 16.5 Å². The van der Waals surface area contributed by atoms with Crippen LogP contribution in [0.25, 0.3) is 17.1 Å². The second-order valence-corrected chi connectivity index (χ2v) is 7.16. The summed E-state index contributed by atoms with van der Waals surface area (Å²) in [5, 5.41) is 9.90. The molecule has 2 aliphatic rings. The lowest BCUT2D eigenvalue weighted by molar-refractivity contribution is 0.475. The molecule has 0 radical (unpaired) electrons. The first kappa shape index (κ1) is 20.2. The number of hydrogen-bond donors (Lipinski definition) is 2. The number of hydrogen-bond acceptors (Lipinski definition) is 4. The van der Waals surface area contributed by atoms with Crippen LogP contribution in [0.4, 0.5) is 0 Å². The van der Waals surface area contributed by atoms with Gasteiger partial charge < -0.3 is 14.5 Å². The smallest absolute Gasteiger partial charge is 0.278 e. The third-order valence-electron chi connectivity index (χ3n) is 4.97. The number of furan rings is 1. The highest BCUT2D eigenvalue weighted by Gasteiger charge is 2.21. The van der Waals surface area contributed by atoms with Gasteiger partial charge >= 0.3 is 0 Å². The van der Waals surface area contributed by atoms with Crippen LogP contribution >= 0.6 is 0 Å². The Kier molecular flexibility index (Phi) is 5.71. The number of benzene rings is 1. The standard InChI is InChI=1S/C25H23N3O3/c1-3-5-8-17(4-2)13-21-24-27-22(15-20-11-7-12-31-20)25(30)28(24)16-23(26-21)18-9-6-10-19(29)14-18/h3-12,14,16,26,29H,2,13,15H2,1H3/b5-3-,17-8+. The second kappa shape index (κ2) is 8.75. The highest BCUT2D eigenvalue weighted by molar-refractivity contribution is 5.62. The van der Waals surface area contributed by atoms with Gasteiger partial charge in [0, 0.05) is 18.2 Å². The van der Waals surface area contributed by atoms with Crippen LogP contribution in [0.5, 0.6) is 5.75 Å². The molecule has 0 fully saturated rings. The summed E-state index contributed by atoms with van der Waals surface area (Å²) in [4.78, 5) is 21.2. The third kappa shape index (κ3) is 4.28. The summed E-state index contributed by atoms with van der Waals surface area (Å²) in [6.45, 7) is 5.85. The maximum atomic E-state index is 13.1. The van der Waals surface area contributed by atoms with Gasteiger partial charge in [-0.3, -0.25) is 9.36 Å². The molecule has 6 heteroatoms. The van der Waals surface area contributed by atoms with Crippen molar-refractivity contribution in [2.45, 2.75) is 19.8 Å². The van der Waals surface area contributed by atoms with Crippen LogP contribution in [-0.2, 0) is 12.8 Å². The average molecular weight is 413 g/mol. The predicted molar refractivity (Wildman–Crippen MR) is 121 cm³/mol. The summed E-state index contributed by atoms with van der Waals surface area (Å²) in [7, 11) is 0. The van der Waals surface area contributed by atoms with Gasteiger partial charge in [-0.15, -0.1) is 0 Å². The van der Waals surface area contributed by atoms with Crippen LogP contribution in [0.2, 0.25) is 0 Å². The van der Waals surface area contributed by atoms with Gasteiger partial charge in [0.05, 0.1) is 24.1 Å². The summed E-state index contributed by atoms with van der Waals surface area (Å²) < 4.78 is 6.95. The predicted octanol–water partition coefficient (Wildman–Crippen LogP) is 4.79. The van der Waals surface area contributed by atoms with Crippen molar-refractivity contribution in [3.63, 3.8) is 0 Å². The summed E-state index contributed by atoms with van der Waals surface area (Å²) in [5.41, 5.74) is 3.44.